The van der Waals surface area contributed by atoms with Gasteiger partial charge in [0.2, 0.25) is 5.91 Å². The largest absolute Gasteiger partial charge is 0.311 e. The number of halogens is 1. The number of nitrogens with one attached hydrogen (secondary N) is 1. The maximum Gasteiger partial charge on any atom is 0.226 e. The Labute approximate surface area is 116 Å². The molecule has 19 heavy (non-hydrogen) atoms. The van der Waals surface area contributed by atoms with Crippen molar-refractivity contribution in [3.8, 4) is 0 Å². The number of anilines is 1. The van der Waals surface area contributed by atoms with Crippen molar-refractivity contribution in [2.24, 2.45) is 7.05 Å². The van der Waals surface area contributed by atoms with Crippen LogP contribution in [-0.2, 0) is 11.8 Å². The second kappa shape index (κ2) is 4.38. The number of benzene rings is 1. The molecule has 3 rings (SSSR count). The highest BCUT2D eigenvalue weighted by Gasteiger charge is 2.31. The highest BCUT2D eigenvalue weighted by Crippen LogP contribution is 2.38. The Kier molecular flexibility index (Phi) is 2.82. The van der Waals surface area contributed by atoms with Crippen molar-refractivity contribution in [3.05, 3.63) is 46.1 Å². The number of carbonyl (C=O) groups excluding carboxylic acids is 1. The monoisotopic (exact) mass is 275 g/mol. The molecule has 1 aliphatic heterocycles. The third kappa shape index (κ3) is 2.02. The first kappa shape index (κ1) is 12.2. The van der Waals surface area contributed by atoms with Gasteiger partial charge >= 0.3 is 0 Å². The molecule has 0 radical (unpaired) electrons. The zero-order valence-corrected chi connectivity index (χ0v) is 11.5. The molecule has 4 nitrogen and oxygen atoms in total. The highest BCUT2D eigenvalue weighted by molar-refractivity contribution is 6.30. The van der Waals surface area contributed by atoms with Crippen molar-refractivity contribution in [2.75, 3.05) is 5.32 Å². The van der Waals surface area contributed by atoms with Gasteiger partial charge in [0.1, 0.15) is 5.82 Å². The molecule has 2 aromatic rings. The maximum atomic E-state index is 11.9. The molecule has 0 fully saturated rings. The molecule has 1 aromatic heterocycles. The van der Waals surface area contributed by atoms with Gasteiger partial charge in [-0.05, 0) is 24.6 Å². The third-order valence-corrected chi connectivity index (χ3v) is 3.79. The summed E-state index contributed by atoms with van der Waals surface area (Å²) in [5.41, 5.74) is 3.15. The van der Waals surface area contributed by atoms with E-state index < -0.39 is 0 Å². The molecule has 1 unspecified atom stereocenters. The minimum atomic E-state index is 0.0236. The third-order valence-electron chi connectivity index (χ3n) is 3.54. The van der Waals surface area contributed by atoms with Crippen LogP contribution in [0.3, 0.4) is 0 Å². The predicted octanol–water partition coefficient (Wildman–Crippen LogP) is 2.86. The van der Waals surface area contributed by atoms with E-state index in [0.717, 1.165) is 22.6 Å². The van der Waals surface area contributed by atoms with Gasteiger partial charge in [-0.1, -0.05) is 23.7 Å². The Balaban J connectivity index is 2.13. The minimum absolute atomic E-state index is 0.0236. The van der Waals surface area contributed by atoms with Gasteiger partial charge in [-0.3, -0.25) is 9.48 Å². The Morgan fingerprint density at radius 3 is 2.74 bits per heavy atom. The lowest BCUT2D eigenvalue weighted by Crippen LogP contribution is -2.24. The predicted molar refractivity (Wildman–Crippen MR) is 74.5 cm³/mol. The van der Waals surface area contributed by atoms with Crippen LogP contribution in [0.1, 0.15) is 29.2 Å². The number of amides is 1. The van der Waals surface area contributed by atoms with Crippen molar-refractivity contribution in [1.29, 1.82) is 0 Å². The number of hydrogen-bond acceptors (Lipinski definition) is 2. The molecule has 98 valence electrons. The van der Waals surface area contributed by atoms with Gasteiger partial charge in [0, 0.05) is 30.0 Å². The number of hydrogen-bond donors (Lipinski definition) is 1. The SMILES string of the molecule is Cc1nn(C)c2c1C(c1ccc(Cl)cc1)CC(=O)N2. The number of aryl methyl sites for hydroxylation is 2. The van der Waals surface area contributed by atoms with Crippen LogP contribution >= 0.6 is 11.6 Å². The van der Waals surface area contributed by atoms with Gasteiger partial charge in [0.15, 0.2) is 0 Å². The number of carbonyl (C=O) groups is 1. The molecule has 1 aliphatic rings. The smallest absolute Gasteiger partial charge is 0.226 e. The quantitative estimate of drug-likeness (QED) is 0.870. The van der Waals surface area contributed by atoms with Crippen molar-refractivity contribution in [2.45, 2.75) is 19.3 Å². The first-order valence-corrected chi connectivity index (χ1v) is 6.53. The fourth-order valence-corrected chi connectivity index (χ4v) is 2.82. The zero-order chi connectivity index (χ0) is 13.6. The van der Waals surface area contributed by atoms with E-state index in [4.69, 9.17) is 11.6 Å². The fraction of sp³-hybridized carbons (Fsp3) is 0.286. The summed E-state index contributed by atoms with van der Waals surface area (Å²) >= 11 is 5.92. The van der Waals surface area contributed by atoms with Gasteiger partial charge in [-0.25, -0.2) is 0 Å². The van der Waals surface area contributed by atoms with E-state index in [0.29, 0.717) is 11.4 Å². The molecule has 1 atom stereocenters. The van der Waals surface area contributed by atoms with Crippen LogP contribution in [0.2, 0.25) is 5.02 Å². The lowest BCUT2D eigenvalue weighted by Gasteiger charge is -2.24. The van der Waals surface area contributed by atoms with Crippen molar-refractivity contribution in [1.82, 2.24) is 9.78 Å². The summed E-state index contributed by atoms with van der Waals surface area (Å²) in [7, 11) is 1.84. The molecule has 2 heterocycles. The van der Waals surface area contributed by atoms with Gasteiger partial charge in [0.05, 0.1) is 5.69 Å². The molecule has 0 saturated heterocycles. The van der Waals surface area contributed by atoms with Gasteiger partial charge < -0.3 is 5.32 Å². The van der Waals surface area contributed by atoms with Crippen molar-refractivity contribution >= 4 is 23.3 Å². The number of rotatable bonds is 1. The van der Waals surface area contributed by atoms with Crippen molar-refractivity contribution in [3.63, 3.8) is 0 Å². The lowest BCUT2D eigenvalue weighted by atomic mass is 9.86. The summed E-state index contributed by atoms with van der Waals surface area (Å²) in [6.07, 6.45) is 0.446. The second-order valence-corrected chi connectivity index (χ2v) is 5.26. The van der Waals surface area contributed by atoms with E-state index in [-0.39, 0.29) is 11.8 Å². The van der Waals surface area contributed by atoms with E-state index in [2.05, 4.69) is 10.4 Å². The zero-order valence-electron chi connectivity index (χ0n) is 10.8. The number of nitrogens with zero attached hydrogens (tertiary/aromatic N) is 2. The highest BCUT2D eigenvalue weighted by atomic mass is 35.5. The van der Waals surface area contributed by atoms with E-state index in [1.165, 1.54) is 0 Å². The normalized spacial score (nSPS) is 18.1. The summed E-state index contributed by atoms with van der Waals surface area (Å²) < 4.78 is 1.73. The first-order chi connectivity index (χ1) is 9.06. The molecule has 1 aromatic carbocycles. The van der Waals surface area contributed by atoms with Gasteiger partial charge in [0.25, 0.3) is 0 Å². The van der Waals surface area contributed by atoms with Crippen LogP contribution in [-0.4, -0.2) is 15.7 Å². The summed E-state index contributed by atoms with van der Waals surface area (Å²) in [5.74, 6) is 0.874. The topological polar surface area (TPSA) is 46.9 Å². The molecule has 0 aliphatic carbocycles. The van der Waals surface area contributed by atoms with Crippen LogP contribution < -0.4 is 5.32 Å². The molecule has 5 heteroatoms. The number of aromatic nitrogens is 2. The van der Waals surface area contributed by atoms with E-state index in [1.807, 2.05) is 38.2 Å². The Morgan fingerprint density at radius 2 is 2.05 bits per heavy atom. The average Bonchev–Trinajstić information content (AvgIpc) is 2.65. The Hall–Kier alpha value is -1.81. The standard InChI is InChI=1S/C14H14ClN3O/c1-8-13-11(9-3-5-10(15)6-4-9)7-12(19)16-14(13)18(2)17-8/h3-6,11H,7H2,1-2H3,(H,16,19). The first-order valence-electron chi connectivity index (χ1n) is 6.15. The fourth-order valence-electron chi connectivity index (χ4n) is 2.69. The Bertz CT molecular complexity index is 645. The van der Waals surface area contributed by atoms with E-state index in [9.17, 15) is 4.79 Å². The van der Waals surface area contributed by atoms with Crippen LogP contribution in [0.15, 0.2) is 24.3 Å². The molecule has 1 N–H and O–H groups in total. The summed E-state index contributed by atoms with van der Waals surface area (Å²) in [6, 6.07) is 7.66. The molecule has 0 spiro atoms. The van der Waals surface area contributed by atoms with Gasteiger partial charge in [-0.2, -0.15) is 5.10 Å². The molecular weight excluding hydrogens is 262 g/mol. The molecule has 1 amide bonds. The minimum Gasteiger partial charge on any atom is -0.311 e. The molecular formula is C14H14ClN3O. The molecule has 0 saturated carbocycles. The van der Waals surface area contributed by atoms with E-state index >= 15 is 0 Å². The second-order valence-electron chi connectivity index (χ2n) is 4.83. The van der Waals surface area contributed by atoms with Crippen LogP contribution in [0.4, 0.5) is 5.82 Å². The van der Waals surface area contributed by atoms with Crippen LogP contribution in [0.25, 0.3) is 0 Å². The lowest BCUT2D eigenvalue weighted by molar-refractivity contribution is -0.116. The van der Waals surface area contributed by atoms with Crippen molar-refractivity contribution < 1.29 is 4.79 Å². The summed E-state index contributed by atoms with van der Waals surface area (Å²) in [5, 5.41) is 7.99. The molecule has 0 bridgehead atoms. The van der Waals surface area contributed by atoms with E-state index in [1.54, 1.807) is 4.68 Å². The number of fused-ring (bicyclic) bond motifs is 1. The Morgan fingerprint density at radius 1 is 1.37 bits per heavy atom. The van der Waals surface area contributed by atoms with Gasteiger partial charge in [-0.15, -0.1) is 0 Å². The average molecular weight is 276 g/mol. The summed E-state index contributed by atoms with van der Waals surface area (Å²) in [6.45, 7) is 1.97. The summed E-state index contributed by atoms with van der Waals surface area (Å²) in [4.78, 5) is 11.9. The van der Waals surface area contributed by atoms with Crippen LogP contribution in [0.5, 0.6) is 0 Å². The maximum absolute atomic E-state index is 11.9. The van der Waals surface area contributed by atoms with Crippen LogP contribution in [0, 0.1) is 6.92 Å².